The topological polar surface area (TPSA) is 70.9 Å². The number of aromatic amines is 1. The van der Waals surface area contributed by atoms with E-state index < -0.39 is 0 Å². The van der Waals surface area contributed by atoms with E-state index in [0.717, 1.165) is 28.3 Å². The lowest BCUT2D eigenvalue weighted by Gasteiger charge is -2.09. The first-order valence-electron chi connectivity index (χ1n) is 5.70. The van der Waals surface area contributed by atoms with E-state index in [4.69, 9.17) is 5.73 Å². The average molecular weight is 231 g/mol. The summed E-state index contributed by atoms with van der Waals surface area (Å²) in [6.07, 6.45) is 3.57. The predicted octanol–water partition coefficient (Wildman–Crippen LogP) is 0.956. The van der Waals surface area contributed by atoms with Gasteiger partial charge in [-0.2, -0.15) is 0 Å². The predicted molar refractivity (Wildman–Crippen MR) is 68.8 cm³/mol. The molecule has 0 fully saturated rings. The lowest BCUT2D eigenvalue weighted by Crippen LogP contribution is -2.28. The second-order valence-corrected chi connectivity index (χ2v) is 4.09. The van der Waals surface area contributed by atoms with Gasteiger partial charge in [-0.3, -0.25) is 0 Å². The molecule has 1 heterocycles. The van der Waals surface area contributed by atoms with Crippen LogP contribution in [0.3, 0.4) is 0 Å². The molecule has 0 saturated heterocycles. The zero-order valence-corrected chi connectivity index (χ0v) is 9.86. The minimum absolute atomic E-state index is 0.153. The highest BCUT2D eigenvalue weighted by atomic mass is 16.1. The molecule has 90 valence electrons. The maximum absolute atomic E-state index is 10.9. The Bertz CT molecular complexity index is 518. The maximum atomic E-state index is 10.9. The molecule has 0 bridgehead atoms. The summed E-state index contributed by atoms with van der Waals surface area (Å²) in [6.45, 7) is 0.507. The van der Waals surface area contributed by atoms with Crippen LogP contribution in [-0.2, 0) is 17.8 Å². The zero-order valence-electron chi connectivity index (χ0n) is 9.86. The fourth-order valence-electron chi connectivity index (χ4n) is 2.12. The molecule has 0 aliphatic rings. The SMILES string of the molecule is CN[C@H](C=O)Cc1c[nH]c2cccc(CN)c12. The highest BCUT2D eigenvalue weighted by Crippen LogP contribution is 2.23. The van der Waals surface area contributed by atoms with Crippen LogP contribution in [0, 0.1) is 0 Å². The molecule has 1 aromatic heterocycles. The van der Waals surface area contributed by atoms with E-state index in [0.29, 0.717) is 13.0 Å². The van der Waals surface area contributed by atoms with Crippen molar-refractivity contribution in [2.24, 2.45) is 5.73 Å². The van der Waals surface area contributed by atoms with Gasteiger partial charge in [0.25, 0.3) is 0 Å². The van der Waals surface area contributed by atoms with Gasteiger partial charge in [0.15, 0.2) is 0 Å². The Morgan fingerprint density at radius 1 is 1.47 bits per heavy atom. The van der Waals surface area contributed by atoms with Gasteiger partial charge in [-0.1, -0.05) is 12.1 Å². The molecule has 0 saturated carbocycles. The van der Waals surface area contributed by atoms with Gasteiger partial charge in [0.1, 0.15) is 6.29 Å². The number of nitrogens with one attached hydrogen (secondary N) is 2. The Hall–Kier alpha value is -1.65. The molecule has 0 spiro atoms. The van der Waals surface area contributed by atoms with Gasteiger partial charge in [0, 0.05) is 23.6 Å². The Morgan fingerprint density at radius 3 is 2.94 bits per heavy atom. The van der Waals surface area contributed by atoms with Crippen LogP contribution in [0.4, 0.5) is 0 Å². The molecule has 1 atom stereocenters. The van der Waals surface area contributed by atoms with Gasteiger partial charge in [-0.05, 0) is 30.7 Å². The monoisotopic (exact) mass is 231 g/mol. The van der Waals surface area contributed by atoms with E-state index in [2.05, 4.69) is 10.3 Å². The summed E-state index contributed by atoms with van der Waals surface area (Å²) in [5, 5.41) is 4.13. The molecule has 0 amide bonds. The van der Waals surface area contributed by atoms with Crippen molar-refractivity contribution in [3.05, 3.63) is 35.5 Å². The molecule has 1 aromatic carbocycles. The number of aromatic nitrogens is 1. The van der Waals surface area contributed by atoms with E-state index in [-0.39, 0.29) is 6.04 Å². The number of carbonyl (C=O) groups is 1. The number of hydrogen-bond donors (Lipinski definition) is 3. The smallest absolute Gasteiger partial charge is 0.137 e. The summed E-state index contributed by atoms with van der Waals surface area (Å²) in [5.74, 6) is 0. The molecule has 17 heavy (non-hydrogen) atoms. The van der Waals surface area contributed by atoms with Gasteiger partial charge in [-0.15, -0.1) is 0 Å². The highest BCUT2D eigenvalue weighted by molar-refractivity contribution is 5.87. The van der Waals surface area contributed by atoms with Gasteiger partial charge >= 0.3 is 0 Å². The van der Waals surface area contributed by atoms with Crippen LogP contribution in [-0.4, -0.2) is 24.4 Å². The molecular weight excluding hydrogens is 214 g/mol. The van der Waals surface area contributed by atoms with Crippen LogP contribution in [0.1, 0.15) is 11.1 Å². The molecule has 4 heteroatoms. The summed E-state index contributed by atoms with van der Waals surface area (Å²) in [6, 6.07) is 5.88. The number of fused-ring (bicyclic) bond motifs is 1. The second kappa shape index (κ2) is 5.12. The van der Waals surface area contributed by atoms with Gasteiger partial charge < -0.3 is 20.8 Å². The number of H-pyrrole nitrogens is 1. The zero-order chi connectivity index (χ0) is 12.3. The summed E-state index contributed by atoms with van der Waals surface area (Å²) in [5.41, 5.74) is 9.06. The Kier molecular flexibility index (Phi) is 3.56. The van der Waals surface area contributed by atoms with Crippen molar-refractivity contribution in [1.29, 1.82) is 0 Å². The van der Waals surface area contributed by atoms with E-state index in [1.165, 1.54) is 0 Å². The fourth-order valence-corrected chi connectivity index (χ4v) is 2.12. The van der Waals surface area contributed by atoms with Gasteiger partial charge in [0.05, 0.1) is 6.04 Å². The molecule has 0 unspecified atom stereocenters. The summed E-state index contributed by atoms with van der Waals surface area (Å²) < 4.78 is 0. The van der Waals surface area contributed by atoms with Crippen molar-refractivity contribution >= 4 is 17.2 Å². The van der Waals surface area contributed by atoms with Crippen molar-refractivity contribution in [3.63, 3.8) is 0 Å². The minimum Gasteiger partial charge on any atom is -0.361 e. The molecule has 0 radical (unpaired) electrons. The van der Waals surface area contributed by atoms with Crippen molar-refractivity contribution in [1.82, 2.24) is 10.3 Å². The van der Waals surface area contributed by atoms with Crippen LogP contribution < -0.4 is 11.1 Å². The summed E-state index contributed by atoms with van der Waals surface area (Å²) in [4.78, 5) is 14.1. The van der Waals surface area contributed by atoms with Crippen LogP contribution in [0.5, 0.6) is 0 Å². The normalized spacial score (nSPS) is 12.8. The third-order valence-electron chi connectivity index (χ3n) is 3.07. The van der Waals surface area contributed by atoms with Crippen molar-refractivity contribution < 1.29 is 4.79 Å². The number of aldehydes is 1. The maximum Gasteiger partial charge on any atom is 0.137 e. The van der Waals surface area contributed by atoms with E-state index in [9.17, 15) is 4.79 Å². The van der Waals surface area contributed by atoms with Gasteiger partial charge in [0.2, 0.25) is 0 Å². The molecule has 2 rings (SSSR count). The highest BCUT2D eigenvalue weighted by Gasteiger charge is 2.11. The molecular formula is C13H17N3O. The fraction of sp³-hybridized carbons (Fsp3) is 0.308. The standard InChI is InChI=1S/C13H17N3O/c1-15-11(8-17)5-10-7-16-12-4-2-3-9(6-14)13(10)12/h2-4,7-8,11,15-16H,5-6,14H2,1H3/t11-/m0/s1. The number of hydrogen-bond acceptors (Lipinski definition) is 3. The first kappa shape index (κ1) is 11.8. The number of rotatable bonds is 5. The quantitative estimate of drug-likeness (QED) is 0.671. The molecule has 4 N–H and O–H groups in total. The van der Waals surface area contributed by atoms with Crippen molar-refractivity contribution in [2.75, 3.05) is 7.05 Å². The number of carbonyl (C=O) groups excluding carboxylic acids is 1. The largest absolute Gasteiger partial charge is 0.361 e. The summed E-state index contributed by atoms with van der Waals surface area (Å²) in [7, 11) is 1.79. The lowest BCUT2D eigenvalue weighted by atomic mass is 10.0. The van der Waals surface area contributed by atoms with E-state index >= 15 is 0 Å². The van der Waals surface area contributed by atoms with E-state index in [1.807, 2.05) is 24.4 Å². The number of benzene rings is 1. The average Bonchev–Trinajstić information content (AvgIpc) is 2.79. The molecule has 4 nitrogen and oxygen atoms in total. The number of nitrogens with two attached hydrogens (primary N) is 1. The third-order valence-corrected chi connectivity index (χ3v) is 3.07. The molecule has 0 aliphatic carbocycles. The minimum atomic E-state index is -0.153. The van der Waals surface area contributed by atoms with Crippen molar-refractivity contribution in [2.45, 2.75) is 19.0 Å². The Labute approximate surface area is 100 Å². The van der Waals surface area contributed by atoms with Crippen LogP contribution >= 0.6 is 0 Å². The first-order valence-corrected chi connectivity index (χ1v) is 5.70. The third kappa shape index (κ3) is 2.23. The Morgan fingerprint density at radius 2 is 2.29 bits per heavy atom. The second-order valence-electron chi connectivity index (χ2n) is 4.09. The molecule has 2 aromatic rings. The van der Waals surface area contributed by atoms with Gasteiger partial charge in [-0.25, -0.2) is 0 Å². The van der Waals surface area contributed by atoms with Crippen LogP contribution in [0.2, 0.25) is 0 Å². The lowest BCUT2D eigenvalue weighted by molar-refractivity contribution is -0.109. The molecule has 0 aliphatic heterocycles. The van der Waals surface area contributed by atoms with Crippen LogP contribution in [0.25, 0.3) is 10.9 Å². The van der Waals surface area contributed by atoms with Crippen LogP contribution in [0.15, 0.2) is 24.4 Å². The summed E-state index contributed by atoms with van der Waals surface area (Å²) >= 11 is 0. The number of likely N-dealkylation sites (N-methyl/N-ethyl adjacent to an activating group) is 1. The first-order chi connectivity index (χ1) is 8.30. The van der Waals surface area contributed by atoms with E-state index in [1.54, 1.807) is 7.05 Å². The van der Waals surface area contributed by atoms with Crippen molar-refractivity contribution in [3.8, 4) is 0 Å². The Balaban J connectivity index is 2.43.